The molecule has 0 fully saturated rings. The van der Waals surface area contributed by atoms with E-state index in [1.807, 2.05) is 24.3 Å². The Morgan fingerprint density at radius 3 is 1.41 bits per heavy atom. The number of halogens is 1. The Labute approximate surface area is 204 Å². The lowest BCUT2D eigenvalue weighted by Gasteiger charge is -2.41. The van der Waals surface area contributed by atoms with Crippen LogP contribution in [0.25, 0.3) is 0 Å². The van der Waals surface area contributed by atoms with Gasteiger partial charge in [0.25, 0.3) is 0 Å². The maximum absolute atomic E-state index is 11.9. The van der Waals surface area contributed by atoms with Crippen LogP contribution >= 0.6 is 29.9 Å². The molecule has 4 aromatic carbocycles. The third-order valence-corrected chi connectivity index (χ3v) is 13.6. The van der Waals surface area contributed by atoms with Gasteiger partial charge in [-0.05, 0) is 83.6 Å². The van der Waals surface area contributed by atoms with Crippen molar-refractivity contribution in [3.05, 3.63) is 121 Å². The highest BCUT2D eigenvalue weighted by molar-refractivity contribution is 14.1. The second-order valence-corrected chi connectivity index (χ2v) is 14.8. The molecule has 0 aliphatic carbocycles. The molecular weight excluding hydrogens is 526 g/mol. The minimum atomic E-state index is -2.29. The molecule has 32 heavy (non-hydrogen) atoms. The van der Waals surface area contributed by atoms with E-state index >= 15 is 0 Å². The molecule has 0 amide bonds. The number of aliphatic hydroxyl groups excluding tert-OH is 1. The first-order valence-corrected chi connectivity index (χ1v) is 13.5. The van der Waals surface area contributed by atoms with Crippen molar-refractivity contribution >= 4 is 45.8 Å². The zero-order valence-corrected chi connectivity index (χ0v) is 21.3. The number of methoxy groups -OCH3 is 1. The average Bonchev–Trinajstić information content (AvgIpc) is 2.86. The molecule has 1 N–H and O–H groups in total. The van der Waals surface area contributed by atoms with Crippen LogP contribution in [0.4, 0.5) is 0 Å². The molecule has 0 spiro atoms. The standard InChI is InChI=1S/C28H27IO2P/c1-28(29,27(30)22-18-20-23(31-2)21-19-22)32(24-12-6-3-7-13-24,25-14-8-4-9-15-25)26-16-10-5-11-17-26/h3-21,27,30H,1-2H3/q+1. The number of benzene rings is 4. The van der Waals surface area contributed by atoms with E-state index in [4.69, 9.17) is 4.74 Å². The zero-order valence-electron chi connectivity index (χ0n) is 18.2. The van der Waals surface area contributed by atoms with E-state index in [0.29, 0.717) is 0 Å². The molecule has 0 saturated carbocycles. The molecule has 0 bridgehead atoms. The van der Waals surface area contributed by atoms with E-state index < -0.39 is 16.5 Å². The van der Waals surface area contributed by atoms with Crippen molar-refractivity contribution < 1.29 is 9.84 Å². The lowest BCUT2D eigenvalue weighted by Crippen LogP contribution is -2.45. The summed E-state index contributed by atoms with van der Waals surface area (Å²) in [6, 6.07) is 39.8. The molecule has 0 saturated heterocycles. The summed E-state index contributed by atoms with van der Waals surface area (Å²) in [5.74, 6) is 0.784. The maximum Gasteiger partial charge on any atom is 0.170 e. The summed E-state index contributed by atoms with van der Waals surface area (Å²) in [4.78, 5) is 0. The van der Waals surface area contributed by atoms with E-state index in [-0.39, 0.29) is 0 Å². The summed E-state index contributed by atoms with van der Waals surface area (Å²) in [6.07, 6.45) is -0.692. The summed E-state index contributed by atoms with van der Waals surface area (Å²) in [6.45, 7) is 2.20. The number of aliphatic hydroxyl groups is 1. The Morgan fingerprint density at radius 2 is 1.06 bits per heavy atom. The molecule has 2 unspecified atom stereocenters. The van der Waals surface area contributed by atoms with Gasteiger partial charge in [-0.15, -0.1) is 0 Å². The topological polar surface area (TPSA) is 29.5 Å². The van der Waals surface area contributed by atoms with Crippen molar-refractivity contribution in [3.63, 3.8) is 0 Å². The summed E-state index contributed by atoms with van der Waals surface area (Å²) in [5, 5.41) is 15.7. The molecule has 2 atom stereocenters. The minimum absolute atomic E-state index is 0.524. The van der Waals surface area contributed by atoms with Crippen LogP contribution in [0.2, 0.25) is 0 Å². The van der Waals surface area contributed by atoms with Crippen LogP contribution in [0.15, 0.2) is 115 Å². The summed E-state index contributed by atoms with van der Waals surface area (Å²) >= 11 is 2.52. The van der Waals surface area contributed by atoms with Crippen molar-refractivity contribution in [1.82, 2.24) is 0 Å². The first-order chi connectivity index (χ1) is 15.5. The minimum Gasteiger partial charge on any atom is -0.497 e. The fourth-order valence-corrected chi connectivity index (χ4v) is 12.1. The second-order valence-electron chi connectivity index (χ2n) is 7.88. The number of ether oxygens (including phenoxy) is 1. The largest absolute Gasteiger partial charge is 0.497 e. The van der Waals surface area contributed by atoms with Crippen molar-refractivity contribution in [2.45, 2.75) is 16.2 Å². The maximum atomic E-state index is 11.9. The highest BCUT2D eigenvalue weighted by atomic mass is 127. The predicted molar refractivity (Wildman–Crippen MR) is 146 cm³/mol. The van der Waals surface area contributed by atoms with Gasteiger partial charge >= 0.3 is 0 Å². The lowest BCUT2D eigenvalue weighted by molar-refractivity contribution is 0.172. The molecule has 4 aromatic rings. The third-order valence-electron chi connectivity index (χ3n) is 6.02. The number of alkyl halides is 1. The fraction of sp³-hybridized carbons (Fsp3) is 0.143. The summed E-state index contributed by atoms with van der Waals surface area (Å²) < 4.78 is 4.81. The van der Waals surface area contributed by atoms with Crippen LogP contribution in [0.3, 0.4) is 0 Å². The van der Waals surface area contributed by atoms with Crippen LogP contribution in [0.5, 0.6) is 5.75 Å². The number of hydrogen-bond donors (Lipinski definition) is 1. The third kappa shape index (κ3) is 3.98. The Hall–Kier alpha value is -2.20. The number of hydrogen-bond acceptors (Lipinski definition) is 2. The Kier molecular flexibility index (Phi) is 6.99. The van der Waals surface area contributed by atoms with E-state index in [0.717, 1.165) is 11.3 Å². The highest BCUT2D eigenvalue weighted by Crippen LogP contribution is 2.72. The first-order valence-electron chi connectivity index (χ1n) is 10.6. The van der Waals surface area contributed by atoms with Gasteiger partial charge in [0, 0.05) is 0 Å². The average molecular weight is 553 g/mol. The normalized spacial score (nSPS) is 14.4. The lowest BCUT2D eigenvalue weighted by atomic mass is 10.1. The van der Waals surface area contributed by atoms with E-state index in [1.54, 1.807) is 7.11 Å². The van der Waals surface area contributed by atoms with Gasteiger partial charge < -0.3 is 9.84 Å². The quantitative estimate of drug-likeness (QED) is 0.176. The van der Waals surface area contributed by atoms with Crippen LogP contribution in [0, 0.1) is 0 Å². The smallest absolute Gasteiger partial charge is 0.170 e. The van der Waals surface area contributed by atoms with Crippen LogP contribution in [0.1, 0.15) is 18.6 Å². The molecule has 162 valence electrons. The van der Waals surface area contributed by atoms with Crippen LogP contribution < -0.4 is 20.7 Å². The van der Waals surface area contributed by atoms with E-state index in [2.05, 4.69) is 121 Å². The van der Waals surface area contributed by atoms with E-state index in [1.165, 1.54) is 15.9 Å². The van der Waals surface area contributed by atoms with Gasteiger partial charge in [-0.2, -0.15) is 0 Å². The number of rotatable bonds is 7. The monoisotopic (exact) mass is 553 g/mol. The SMILES string of the molecule is COc1ccc(C(O)C(C)(I)[P+](c2ccccc2)(c2ccccc2)c2ccccc2)cc1. The molecule has 2 nitrogen and oxygen atoms in total. The molecule has 4 heteroatoms. The Morgan fingerprint density at radius 1 is 0.688 bits per heavy atom. The molecule has 0 heterocycles. The highest BCUT2D eigenvalue weighted by Gasteiger charge is 2.62. The molecule has 0 radical (unpaired) electrons. The van der Waals surface area contributed by atoms with Crippen molar-refractivity contribution in [2.24, 2.45) is 0 Å². The van der Waals surface area contributed by atoms with Gasteiger partial charge in [-0.25, -0.2) is 0 Å². The molecular formula is C28H27IO2P+. The zero-order chi connectivity index (χ0) is 22.6. The van der Waals surface area contributed by atoms with Crippen molar-refractivity contribution in [3.8, 4) is 5.75 Å². The van der Waals surface area contributed by atoms with Gasteiger partial charge in [-0.1, -0.05) is 66.7 Å². The van der Waals surface area contributed by atoms with Crippen molar-refractivity contribution in [2.75, 3.05) is 7.11 Å². The summed E-state index contributed by atoms with van der Waals surface area (Å²) in [7, 11) is -0.634. The van der Waals surface area contributed by atoms with Crippen LogP contribution in [-0.2, 0) is 0 Å². The first kappa shape index (κ1) is 23.0. The fourth-order valence-electron chi connectivity index (χ4n) is 4.43. The van der Waals surface area contributed by atoms with Gasteiger partial charge in [0.05, 0.1) is 7.11 Å². The molecule has 0 aliphatic rings. The van der Waals surface area contributed by atoms with E-state index in [9.17, 15) is 5.11 Å². The Bertz CT molecular complexity index is 1030. The molecule has 0 aromatic heterocycles. The van der Waals surface area contributed by atoms with Crippen LogP contribution in [-0.4, -0.2) is 15.4 Å². The van der Waals surface area contributed by atoms with Crippen molar-refractivity contribution in [1.29, 1.82) is 0 Å². The van der Waals surface area contributed by atoms with Gasteiger partial charge in [0.15, 0.2) is 3.16 Å². The summed E-state index contributed by atoms with van der Waals surface area (Å²) in [5.41, 5.74) is 0.884. The van der Waals surface area contributed by atoms with Gasteiger partial charge in [0.2, 0.25) is 0 Å². The van der Waals surface area contributed by atoms with Gasteiger partial charge in [-0.3, -0.25) is 0 Å². The molecule has 0 aliphatic heterocycles. The predicted octanol–water partition coefficient (Wildman–Crippen LogP) is 5.87. The Balaban J connectivity index is 2.01. The second kappa shape index (κ2) is 9.74. The molecule has 4 rings (SSSR count). The van der Waals surface area contributed by atoms with Gasteiger partial charge in [0.1, 0.15) is 35.0 Å².